The molecule has 0 saturated heterocycles. The third-order valence-electron chi connectivity index (χ3n) is 2.53. The Kier molecular flexibility index (Phi) is 5.18. The third-order valence-corrected chi connectivity index (χ3v) is 4.05. The van der Waals surface area contributed by atoms with E-state index in [1.165, 1.54) is 30.5 Å². The molecule has 0 saturated carbocycles. The molecule has 2 aromatic rings. The first kappa shape index (κ1) is 16.5. The fraction of sp³-hybridized carbons (Fsp3) is 0. The van der Waals surface area contributed by atoms with Crippen molar-refractivity contribution < 1.29 is 13.2 Å². The van der Waals surface area contributed by atoms with Gasteiger partial charge in [0.15, 0.2) is 0 Å². The van der Waals surface area contributed by atoms with E-state index in [4.69, 9.17) is 23.2 Å². The van der Waals surface area contributed by atoms with Gasteiger partial charge in [0, 0.05) is 17.4 Å². The second kappa shape index (κ2) is 6.91. The Morgan fingerprint density at radius 1 is 1.23 bits per heavy atom. The first-order chi connectivity index (χ1) is 10.4. The van der Waals surface area contributed by atoms with Crippen LogP contribution in [-0.4, -0.2) is 19.3 Å². The van der Waals surface area contributed by atoms with Gasteiger partial charge in [-0.3, -0.25) is 9.78 Å². The van der Waals surface area contributed by atoms with Crippen molar-refractivity contribution in [2.45, 2.75) is 0 Å². The van der Waals surface area contributed by atoms with Crippen LogP contribution in [0.1, 0.15) is 15.9 Å². The highest BCUT2D eigenvalue weighted by Crippen LogP contribution is 2.21. The van der Waals surface area contributed by atoms with Gasteiger partial charge in [-0.2, -0.15) is 0 Å². The maximum Gasteiger partial charge on any atom is 0.266 e. The van der Waals surface area contributed by atoms with Crippen LogP contribution in [-0.2, 0) is 10.0 Å². The number of amides is 1. The van der Waals surface area contributed by atoms with Crippen LogP contribution in [0.4, 0.5) is 0 Å². The molecular formula is C14H10Cl2N2O3S. The van der Waals surface area contributed by atoms with Gasteiger partial charge >= 0.3 is 0 Å². The minimum absolute atomic E-state index is 0.0180. The van der Waals surface area contributed by atoms with Crippen molar-refractivity contribution >= 4 is 45.2 Å². The molecule has 1 heterocycles. The summed E-state index contributed by atoms with van der Waals surface area (Å²) in [5, 5.41) is 1.29. The van der Waals surface area contributed by atoms with Crippen molar-refractivity contribution in [3.8, 4) is 0 Å². The first-order valence-electron chi connectivity index (χ1n) is 5.98. The number of rotatable bonds is 4. The Hall–Kier alpha value is -1.89. The summed E-state index contributed by atoms with van der Waals surface area (Å²) in [6.07, 6.45) is 4.38. The van der Waals surface area contributed by atoms with Crippen molar-refractivity contribution in [1.29, 1.82) is 0 Å². The monoisotopic (exact) mass is 356 g/mol. The molecule has 0 fully saturated rings. The van der Waals surface area contributed by atoms with Crippen LogP contribution in [0.25, 0.3) is 6.08 Å². The van der Waals surface area contributed by atoms with Gasteiger partial charge in [-0.1, -0.05) is 29.3 Å². The second-order valence-electron chi connectivity index (χ2n) is 4.19. The van der Waals surface area contributed by atoms with Crippen molar-refractivity contribution in [1.82, 2.24) is 9.71 Å². The van der Waals surface area contributed by atoms with Gasteiger partial charge in [-0.15, -0.1) is 0 Å². The van der Waals surface area contributed by atoms with Crippen molar-refractivity contribution in [2.24, 2.45) is 0 Å². The van der Waals surface area contributed by atoms with Gasteiger partial charge < -0.3 is 0 Å². The van der Waals surface area contributed by atoms with E-state index in [2.05, 4.69) is 4.98 Å². The summed E-state index contributed by atoms with van der Waals surface area (Å²) < 4.78 is 25.6. The molecule has 2 rings (SSSR count). The predicted octanol–water partition coefficient (Wildman–Crippen LogP) is 3.12. The lowest BCUT2D eigenvalue weighted by molar-refractivity contribution is 0.0982. The van der Waals surface area contributed by atoms with Crippen molar-refractivity contribution in [3.05, 3.63) is 69.3 Å². The molecule has 1 N–H and O–H groups in total. The van der Waals surface area contributed by atoms with E-state index in [1.807, 2.05) is 4.72 Å². The van der Waals surface area contributed by atoms with Gasteiger partial charge in [-0.25, -0.2) is 13.1 Å². The zero-order chi connectivity index (χ0) is 16.2. The zero-order valence-corrected chi connectivity index (χ0v) is 13.4. The largest absolute Gasteiger partial charge is 0.268 e. The molecule has 1 aromatic carbocycles. The average Bonchev–Trinajstić information content (AvgIpc) is 2.45. The van der Waals surface area contributed by atoms with Gasteiger partial charge in [0.1, 0.15) is 0 Å². The Labute approximate surface area is 137 Å². The molecule has 0 aliphatic heterocycles. The smallest absolute Gasteiger partial charge is 0.266 e. The van der Waals surface area contributed by atoms with E-state index < -0.39 is 15.9 Å². The fourth-order valence-electron chi connectivity index (χ4n) is 1.53. The Bertz CT molecular complexity index is 821. The number of carbonyl (C=O) groups excluding carboxylic acids is 1. The third kappa shape index (κ3) is 4.56. The predicted molar refractivity (Wildman–Crippen MR) is 86.1 cm³/mol. The Morgan fingerprint density at radius 3 is 2.64 bits per heavy atom. The summed E-state index contributed by atoms with van der Waals surface area (Å²) >= 11 is 11.6. The minimum atomic E-state index is -3.95. The van der Waals surface area contributed by atoms with E-state index >= 15 is 0 Å². The quantitative estimate of drug-likeness (QED) is 0.912. The number of nitrogens with zero attached hydrogens (tertiary/aromatic N) is 1. The topological polar surface area (TPSA) is 76.1 Å². The maximum absolute atomic E-state index is 11.9. The van der Waals surface area contributed by atoms with Crippen LogP contribution in [0.3, 0.4) is 0 Å². The van der Waals surface area contributed by atoms with E-state index in [0.29, 0.717) is 10.6 Å². The van der Waals surface area contributed by atoms with Crippen LogP contribution in [0.5, 0.6) is 0 Å². The minimum Gasteiger partial charge on any atom is -0.268 e. The van der Waals surface area contributed by atoms with Crippen LogP contribution < -0.4 is 4.72 Å². The van der Waals surface area contributed by atoms with Crippen LogP contribution >= 0.6 is 23.2 Å². The van der Waals surface area contributed by atoms with E-state index in [1.54, 1.807) is 18.3 Å². The molecular weight excluding hydrogens is 347 g/mol. The number of hydrogen-bond donors (Lipinski definition) is 1. The van der Waals surface area contributed by atoms with Crippen LogP contribution in [0, 0.1) is 0 Å². The summed E-state index contributed by atoms with van der Waals surface area (Å²) in [7, 11) is -3.95. The van der Waals surface area contributed by atoms with Gasteiger partial charge in [-0.05, 0) is 35.9 Å². The maximum atomic E-state index is 11.9. The number of sulfonamides is 1. The molecule has 5 nitrogen and oxygen atoms in total. The van der Waals surface area contributed by atoms with Gasteiger partial charge in [0.05, 0.1) is 16.0 Å². The molecule has 0 aliphatic carbocycles. The zero-order valence-electron chi connectivity index (χ0n) is 11.0. The second-order valence-corrected chi connectivity index (χ2v) is 6.60. The SMILES string of the molecule is O=C(NS(=O)(=O)C=Cc1cccnc1)c1ccc(Cl)cc1Cl. The standard InChI is InChI=1S/C14H10Cl2N2O3S/c15-11-3-4-12(13(16)8-11)14(19)18-22(20,21)7-5-10-2-1-6-17-9-10/h1-9H,(H,18,19). The Balaban J connectivity index is 2.14. The highest BCUT2D eigenvalue weighted by Gasteiger charge is 2.16. The van der Waals surface area contributed by atoms with Crippen molar-refractivity contribution in [2.75, 3.05) is 0 Å². The lowest BCUT2D eigenvalue weighted by Crippen LogP contribution is -2.29. The molecule has 0 spiro atoms. The van der Waals surface area contributed by atoms with E-state index in [-0.39, 0.29) is 10.6 Å². The molecule has 0 unspecified atom stereocenters. The molecule has 0 radical (unpaired) electrons. The van der Waals surface area contributed by atoms with Gasteiger partial charge in [0.2, 0.25) is 0 Å². The molecule has 0 atom stereocenters. The molecule has 0 bridgehead atoms. The molecule has 114 valence electrons. The number of nitrogens with one attached hydrogen (secondary N) is 1. The van der Waals surface area contributed by atoms with E-state index in [9.17, 15) is 13.2 Å². The number of aromatic nitrogens is 1. The normalized spacial score (nSPS) is 11.5. The average molecular weight is 357 g/mol. The number of carbonyl (C=O) groups is 1. The fourth-order valence-corrected chi connectivity index (χ4v) is 2.80. The lowest BCUT2D eigenvalue weighted by Gasteiger charge is -2.05. The molecule has 0 aliphatic rings. The summed E-state index contributed by atoms with van der Waals surface area (Å²) in [6.45, 7) is 0. The van der Waals surface area contributed by atoms with Crippen LogP contribution in [0.2, 0.25) is 10.0 Å². The van der Waals surface area contributed by atoms with Crippen molar-refractivity contribution in [3.63, 3.8) is 0 Å². The first-order valence-corrected chi connectivity index (χ1v) is 8.28. The number of hydrogen-bond acceptors (Lipinski definition) is 4. The van der Waals surface area contributed by atoms with Gasteiger partial charge in [0.25, 0.3) is 15.9 Å². The highest BCUT2D eigenvalue weighted by molar-refractivity contribution is 7.93. The van der Waals surface area contributed by atoms with E-state index in [0.717, 1.165) is 5.41 Å². The lowest BCUT2D eigenvalue weighted by atomic mass is 10.2. The van der Waals surface area contributed by atoms with Crippen LogP contribution in [0.15, 0.2) is 48.1 Å². The molecule has 8 heteroatoms. The summed E-state index contributed by atoms with van der Waals surface area (Å²) in [6, 6.07) is 7.49. The Morgan fingerprint density at radius 2 is 2.00 bits per heavy atom. The summed E-state index contributed by atoms with van der Waals surface area (Å²) in [4.78, 5) is 15.8. The number of benzene rings is 1. The highest BCUT2D eigenvalue weighted by atomic mass is 35.5. The summed E-state index contributed by atoms with van der Waals surface area (Å²) in [5.41, 5.74) is 0.606. The molecule has 1 aromatic heterocycles. The molecule has 1 amide bonds. The number of pyridine rings is 1. The molecule has 22 heavy (non-hydrogen) atoms. The number of halogens is 2. The summed E-state index contributed by atoms with van der Waals surface area (Å²) in [5.74, 6) is -0.836.